The van der Waals surface area contributed by atoms with Crippen molar-refractivity contribution in [3.63, 3.8) is 0 Å². The first-order valence-corrected chi connectivity index (χ1v) is 11.2. The lowest BCUT2D eigenvalue weighted by Gasteiger charge is -2.36. The Labute approximate surface area is 189 Å². The Morgan fingerprint density at radius 1 is 1.09 bits per heavy atom. The van der Waals surface area contributed by atoms with Crippen LogP contribution in [0.15, 0.2) is 60.8 Å². The van der Waals surface area contributed by atoms with Crippen LogP contribution < -0.4 is 10.1 Å². The minimum absolute atomic E-state index is 0.0880. The van der Waals surface area contributed by atoms with Gasteiger partial charge < -0.3 is 10.1 Å². The van der Waals surface area contributed by atoms with Gasteiger partial charge in [-0.2, -0.15) is 0 Å². The molecule has 4 rings (SSSR count). The number of hydrogen-bond donors (Lipinski definition) is 1. The minimum atomic E-state index is -0.126. The average Bonchev–Trinajstić information content (AvgIpc) is 2.84. The van der Waals surface area contributed by atoms with Crippen LogP contribution in [0.5, 0.6) is 5.75 Å². The molecule has 1 aliphatic rings. The van der Waals surface area contributed by atoms with Crippen molar-refractivity contribution >= 4 is 5.91 Å². The molecule has 1 fully saturated rings. The second-order valence-electron chi connectivity index (χ2n) is 8.21. The van der Waals surface area contributed by atoms with E-state index in [2.05, 4.69) is 27.3 Å². The molecule has 1 aliphatic heterocycles. The number of ether oxygens (including phenoxy) is 1. The molecule has 6 heteroatoms. The standard InChI is InChI=1S/C26H30N4O2/c1-19-27-17-23(26(31)28-16-20-8-4-3-5-9-20)25(29-19)24-10-6-7-15-30(24)18-21-11-13-22(32-2)14-12-21/h3-5,8-9,11-14,17,24H,6-7,10,15-16,18H2,1-2H3,(H,28,31)/t24-/m1/s1. The molecule has 6 nitrogen and oxygen atoms in total. The molecule has 1 atom stereocenters. The summed E-state index contributed by atoms with van der Waals surface area (Å²) in [6.07, 6.45) is 4.92. The maximum atomic E-state index is 13.1. The van der Waals surface area contributed by atoms with Crippen LogP contribution in [0.2, 0.25) is 0 Å². The molecule has 166 valence electrons. The number of methoxy groups -OCH3 is 1. The Hall–Kier alpha value is -3.25. The van der Waals surface area contributed by atoms with E-state index in [9.17, 15) is 4.79 Å². The van der Waals surface area contributed by atoms with Gasteiger partial charge in [-0.1, -0.05) is 48.9 Å². The van der Waals surface area contributed by atoms with Gasteiger partial charge in [0.2, 0.25) is 0 Å². The summed E-state index contributed by atoms with van der Waals surface area (Å²) in [7, 11) is 1.68. The summed E-state index contributed by atoms with van der Waals surface area (Å²) in [6.45, 7) is 4.15. The lowest BCUT2D eigenvalue weighted by molar-refractivity contribution is 0.0939. The van der Waals surface area contributed by atoms with E-state index in [1.165, 1.54) is 5.56 Å². The quantitative estimate of drug-likeness (QED) is 0.600. The van der Waals surface area contributed by atoms with Crippen molar-refractivity contribution in [3.05, 3.63) is 89.0 Å². The van der Waals surface area contributed by atoms with Crippen molar-refractivity contribution in [1.82, 2.24) is 20.2 Å². The van der Waals surface area contributed by atoms with E-state index in [0.717, 1.165) is 49.4 Å². The molecule has 1 saturated heterocycles. The number of rotatable bonds is 7. The monoisotopic (exact) mass is 430 g/mol. The Balaban J connectivity index is 1.55. The maximum absolute atomic E-state index is 13.1. The van der Waals surface area contributed by atoms with Crippen LogP contribution >= 0.6 is 0 Å². The molecule has 0 saturated carbocycles. The molecular weight excluding hydrogens is 400 g/mol. The number of nitrogens with one attached hydrogen (secondary N) is 1. The highest BCUT2D eigenvalue weighted by Gasteiger charge is 2.29. The van der Waals surface area contributed by atoms with Gasteiger partial charge >= 0.3 is 0 Å². The number of amides is 1. The Morgan fingerprint density at radius 2 is 1.88 bits per heavy atom. The van der Waals surface area contributed by atoms with Gasteiger partial charge in [-0.3, -0.25) is 9.69 Å². The smallest absolute Gasteiger partial charge is 0.255 e. The van der Waals surface area contributed by atoms with E-state index >= 15 is 0 Å². The molecule has 0 unspecified atom stereocenters. The zero-order chi connectivity index (χ0) is 22.3. The fourth-order valence-corrected chi connectivity index (χ4v) is 4.25. The summed E-state index contributed by atoms with van der Waals surface area (Å²) in [5, 5.41) is 3.04. The lowest BCUT2D eigenvalue weighted by atomic mass is 9.95. The number of nitrogens with zero attached hydrogens (tertiary/aromatic N) is 3. The summed E-state index contributed by atoms with van der Waals surface area (Å²) < 4.78 is 5.28. The molecule has 0 aliphatic carbocycles. The molecule has 1 N–H and O–H groups in total. The first-order chi connectivity index (χ1) is 15.6. The van der Waals surface area contributed by atoms with Crippen LogP contribution in [-0.4, -0.2) is 34.4 Å². The molecular formula is C26H30N4O2. The third-order valence-corrected chi connectivity index (χ3v) is 5.95. The first-order valence-electron chi connectivity index (χ1n) is 11.2. The van der Waals surface area contributed by atoms with Crippen LogP contribution in [0, 0.1) is 6.92 Å². The molecule has 0 bridgehead atoms. The van der Waals surface area contributed by atoms with Gasteiger partial charge in [-0.05, 0) is 49.6 Å². The topological polar surface area (TPSA) is 67.3 Å². The number of carbonyl (C=O) groups is 1. The van der Waals surface area contributed by atoms with Gasteiger partial charge in [0.25, 0.3) is 5.91 Å². The molecule has 0 spiro atoms. The number of piperidine rings is 1. The van der Waals surface area contributed by atoms with Crippen LogP contribution in [0.4, 0.5) is 0 Å². The normalized spacial score (nSPS) is 16.5. The molecule has 32 heavy (non-hydrogen) atoms. The van der Waals surface area contributed by atoms with Gasteiger partial charge in [-0.25, -0.2) is 9.97 Å². The zero-order valence-electron chi connectivity index (χ0n) is 18.8. The Bertz CT molecular complexity index is 1040. The van der Waals surface area contributed by atoms with E-state index in [1.807, 2.05) is 49.4 Å². The van der Waals surface area contributed by atoms with E-state index in [0.29, 0.717) is 17.9 Å². The van der Waals surface area contributed by atoms with Crippen LogP contribution in [0.1, 0.15) is 58.3 Å². The Morgan fingerprint density at radius 3 is 2.62 bits per heavy atom. The Kier molecular flexibility index (Phi) is 7.12. The van der Waals surface area contributed by atoms with E-state index < -0.39 is 0 Å². The third kappa shape index (κ3) is 5.32. The molecule has 2 heterocycles. The fourth-order valence-electron chi connectivity index (χ4n) is 4.25. The first kappa shape index (κ1) is 22.0. The van der Waals surface area contributed by atoms with Crippen molar-refractivity contribution in [2.45, 2.75) is 45.3 Å². The molecule has 1 amide bonds. The summed E-state index contributed by atoms with van der Waals surface area (Å²) in [4.78, 5) is 24.6. The van der Waals surface area contributed by atoms with Gasteiger partial charge in [0.1, 0.15) is 11.6 Å². The van der Waals surface area contributed by atoms with Crippen LogP contribution in [0.3, 0.4) is 0 Å². The zero-order valence-corrected chi connectivity index (χ0v) is 18.8. The van der Waals surface area contributed by atoms with Gasteiger partial charge in [0, 0.05) is 19.3 Å². The van der Waals surface area contributed by atoms with Gasteiger partial charge in [-0.15, -0.1) is 0 Å². The van der Waals surface area contributed by atoms with Crippen LogP contribution in [0.25, 0.3) is 0 Å². The fraction of sp³-hybridized carbons (Fsp3) is 0.346. The van der Waals surface area contributed by atoms with Crippen molar-refractivity contribution in [1.29, 1.82) is 0 Å². The molecule has 0 radical (unpaired) electrons. The number of aryl methyl sites for hydroxylation is 1. The summed E-state index contributed by atoms with van der Waals surface area (Å²) in [5.41, 5.74) is 3.68. The van der Waals surface area contributed by atoms with Crippen LogP contribution in [-0.2, 0) is 13.1 Å². The molecule has 2 aromatic carbocycles. The average molecular weight is 431 g/mol. The minimum Gasteiger partial charge on any atom is -0.497 e. The van der Waals surface area contributed by atoms with Crippen molar-refractivity contribution in [2.24, 2.45) is 0 Å². The van der Waals surface area contributed by atoms with Gasteiger partial charge in [0.15, 0.2) is 0 Å². The second kappa shape index (κ2) is 10.4. The van der Waals surface area contributed by atoms with Crippen molar-refractivity contribution in [3.8, 4) is 5.75 Å². The van der Waals surface area contributed by atoms with E-state index in [4.69, 9.17) is 9.72 Å². The number of aromatic nitrogens is 2. The highest BCUT2D eigenvalue weighted by molar-refractivity contribution is 5.95. The largest absolute Gasteiger partial charge is 0.497 e. The molecule has 3 aromatic rings. The summed E-state index contributed by atoms with van der Waals surface area (Å²) in [6, 6.07) is 18.2. The summed E-state index contributed by atoms with van der Waals surface area (Å²) in [5.74, 6) is 1.42. The highest BCUT2D eigenvalue weighted by Crippen LogP contribution is 2.33. The van der Waals surface area contributed by atoms with Gasteiger partial charge in [0.05, 0.1) is 24.4 Å². The number of likely N-dealkylation sites (tertiary alicyclic amines) is 1. The highest BCUT2D eigenvalue weighted by atomic mass is 16.5. The number of hydrogen-bond acceptors (Lipinski definition) is 5. The lowest BCUT2D eigenvalue weighted by Crippen LogP contribution is -2.35. The number of carbonyl (C=O) groups excluding carboxylic acids is 1. The number of benzene rings is 2. The summed E-state index contributed by atoms with van der Waals surface area (Å²) >= 11 is 0. The SMILES string of the molecule is COc1ccc(CN2CCCC[C@@H]2c2nc(C)ncc2C(=O)NCc2ccccc2)cc1. The second-order valence-corrected chi connectivity index (χ2v) is 8.21. The predicted molar refractivity (Wildman–Crippen MR) is 124 cm³/mol. The van der Waals surface area contributed by atoms with Crippen molar-refractivity contribution < 1.29 is 9.53 Å². The maximum Gasteiger partial charge on any atom is 0.255 e. The third-order valence-electron chi connectivity index (χ3n) is 5.95. The van der Waals surface area contributed by atoms with E-state index in [-0.39, 0.29) is 11.9 Å². The predicted octanol–water partition coefficient (Wildman–Crippen LogP) is 4.45. The van der Waals surface area contributed by atoms with Crippen molar-refractivity contribution in [2.75, 3.05) is 13.7 Å². The molecule has 1 aromatic heterocycles. The van der Waals surface area contributed by atoms with E-state index in [1.54, 1.807) is 13.3 Å².